The van der Waals surface area contributed by atoms with Crippen molar-refractivity contribution in [2.45, 2.75) is 44.9 Å². The number of amides is 1. The summed E-state index contributed by atoms with van der Waals surface area (Å²) in [4.78, 5) is 26.0. The van der Waals surface area contributed by atoms with Crippen LogP contribution in [0.25, 0.3) is 0 Å². The molecule has 10 nitrogen and oxygen atoms in total. The number of carbonyl (C=O) groups is 2. The molecule has 1 amide bonds. The molecular weight excluding hydrogens is 486 g/mol. The number of anilines is 1. The highest BCUT2D eigenvalue weighted by Crippen LogP contribution is 2.23. The monoisotopic (exact) mass is 519 g/mol. The fraction of sp³-hybridized carbons (Fsp3) is 0.440. The van der Waals surface area contributed by atoms with Gasteiger partial charge in [0.2, 0.25) is 10.0 Å². The van der Waals surface area contributed by atoms with E-state index in [1.807, 2.05) is 31.2 Å². The van der Waals surface area contributed by atoms with Gasteiger partial charge in [-0.05, 0) is 48.2 Å². The zero-order valence-corrected chi connectivity index (χ0v) is 21.3. The number of nitrogens with two attached hydrogens (primary N) is 1. The van der Waals surface area contributed by atoms with Gasteiger partial charge in [-0.1, -0.05) is 37.6 Å². The van der Waals surface area contributed by atoms with Crippen LogP contribution in [0.2, 0.25) is 0 Å². The van der Waals surface area contributed by atoms with E-state index in [2.05, 4.69) is 4.72 Å². The van der Waals surface area contributed by atoms with E-state index in [0.29, 0.717) is 25.3 Å². The molecule has 0 spiro atoms. The van der Waals surface area contributed by atoms with E-state index in [9.17, 15) is 18.0 Å². The van der Waals surface area contributed by atoms with Gasteiger partial charge in [-0.25, -0.2) is 17.9 Å². The molecule has 0 bridgehead atoms. The fourth-order valence-corrected chi connectivity index (χ4v) is 5.14. The summed E-state index contributed by atoms with van der Waals surface area (Å²) < 4.78 is 43.0. The molecule has 1 aliphatic heterocycles. The van der Waals surface area contributed by atoms with E-state index in [1.54, 1.807) is 29.2 Å². The Bertz CT molecular complexity index is 1140. The number of carbonyl (C=O) groups excluding carboxylic acids is 2. The van der Waals surface area contributed by atoms with Crippen molar-refractivity contribution in [3.8, 4) is 5.75 Å². The smallest absolute Gasteiger partial charge is 0.414 e. The first-order valence-electron chi connectivity index (χ1n) is 11.8. The minimum absolute atomic E-state index is 0.0502. The van der Waals surface area contributed by atoms with Crippen molar-refractivity contribution in [2.75, 3.05) is 30.9 Å². The summed E-state index contributed by atoms with van der Waals surface area (Å²) in [5.41, 5.74) is 8.06. The Morgan fingerprint density at radius 1 is 1.22 bits per heavy atom. The van der Waals surface area contributed by atoms with Gasteiger partial charge in [-0.3, -0.25) is 9.69 Å². The van der Waals surface area contributed by atoms with Crippen LogP contribution in [-0.2, 0) is 37.3 Å². The minimum Gasteiger partial charge on any atom is -0.490 e. The number of cyclic esters (lactones) is 1. The average molecular weight is 520 g/mol. The van der Waals surface area contributed by atoms with Gasteiger partial charge in [0.1, 0.15) is 18.4 Å². The summed E-state index contributed by atoms with van der Waals surface area (Å²) in [6.45, 7) is 2.79. The molecule has 2 atom stereocenters. The molecule has 1 heterocycles. The average Bonchev–Trinajstić information content (AvgIpc) is 3.26. The Kier molecular flexibility index (Phi) is 9.68. The van der Waals surface area contributed by atoms with Crippen LogP contribution < -0.4 is 20.1 Å². The largest absolute Gasteiger partial charge is 0.490 e. The van der Waals surface area contributed by atoms with Gasteiger partial charge in [0.15, 0.2) is 6.10 Å². The van der Waals surface area contributed by atoms with E-state index < -0.39 is 34.2 Å². The number of methoxy groups -OCH3 is 1. The van der Waals surface area contributed by atoms with Crippen molar-refractivity contribution < 1.29 is 32.2 Å². The van der Waals surface area contributed by atoms with Crippen LogP contribution in [0.1, 0.15) is 30.9 Å². The maximum Gasteiger partial charge on any atom is 0.414 e. The van der Waals surface area contributed by atoms with Crippen molar-refractivity contribution in [2.24, 2.45) is 5.73 Å². The molecule has 2 unspecified atom stereocenters. The maximum absolute atomic E-state index is 12.3. The number of unbranched alkanes of at least 4 members (excludes halogenated alkanes) is 1. The first kappa shape index (κ1) is 27.4. The van der Waals surface area contributed by atoms with Crippen molar-refractivity contribution >= 4 is 27.8 Å². The Labute approximate surface area is 211 Å². The van der Waals surface area contributed by atoms with Crippen molar-refractivity contribution in [3.05, 3.63) is 59.7 Å². The van der Waals surface area contributed by atoms with Gasteiger partial charge in [-0.2, -0.15) is 0 Å². The molecule has 3 rings (SSSR count). The number of sulfonamides is 1. The topological polar surface area (TPSA) is 137 Å². The number of benzene rings is 2. The van der Waals surface area contributed by atoms with Crippen LogP contribution in [0.15, 0.2) is 48.5 Å². The van der Waals surface area contributed by atoms with E-state index >= 15 is 0 Å². The zero-order chi connectivity index (χ0) is 26.1. The molecular formula is C25H33N3O7S. The summed E-state index contributed by atoms with van der Waals surface area (Å²) in [6.07, 6.45) is 0.479. The number of ether oxygens (including phenoxy) is 3. The molecule has 2 aromatic carbocycles. The third-order valence-corrected chi connectivity index (χ3v) is 7.17. The quantitative estimate of drug-likeness (QED) is 0.385. The Hall–Kier alpha value is -3.15. The molecule has 1 aliphatic rings. The van der Waals surface area contributed by atoms with Crippen molar-refractivity contribution in [1.29, 1.82) is 0 Å². The van der Waals surface area contributed by atoms with E-state index in [-0.39, 0.29) is 18.8 Å². The molecule has 0 radical (unpaired) electrons. The second-order valence-corrected chi connectivity index (χ2v) is 10.4. The second kappa shape index (κ2) is 12.7. The lowest BCUT2D eigenvalue weighted by Crippen LogP contribution is -2.43. The summed E-state index contributed by atoms with van der Waals surface area (Å²) in [7, 11) is -2.38. The van der Waals surface area contributed by atoms with Gasteiger partial charge >= 0.3 is 12.1 Å². The SMILES string of the molecule is CCCCS(=O)(=O)NC(Cc1ccc(OCC2CN(c3cccc(CN)c3)C(=O)O2)cc1)C(=O)OC. The molecule has 2 aromatic rings. The zero-order valence-electron chi connectivity index (χ0n) is 20.5. The summed E-state index contributed by atoms with van der Waals surface area (Å²) in [5.74, 6) is -0.151. The lowest BCUT2D eigenvalue weighted by Gasteiger charge is -2.17. The van der Waals surface area contributed by atoms with Gasteiger partial charge in [0.25, 0.3) is 0 Å². The third-order valence-electron chi connectivity index (χ3n) is 5.71. The highest BCUT2D eigenvalue weighted by molar-refractivity contribution is 7.89. The van der Waals surface area contributed by atoms with Crippen LogP contribution in [0.5, 0.6) is 5.75 Å². The molecule has 3 N–H and O–H groups in total. The predicted molar refractivity (Wildman–Crippen MR) is 135 cm³/mol. The summed E-state index contributed by atoms with van der Waals surface area (Å²) in [5, 5.41) is 0. The number of nitrogens with zero attached hydrogens (tertiary/aromatic N) is 1. The second-order valence-electron chi connectivity index (χ2n) is 8.52. The molecule has 1 saturated heterocycles. The molecule has 0 aliphatic carbocycles. The van der Waals surface area contributed by atoms with Crippen LogP contribution in [0.4, 0.5) is 10.5 Å². The lowest BCUT2D eigenvalue weighted by molar-refractivity contribution is -0.142. The predicted octanol–water partition coefficient (Wildman–Crippen LogP) is 2.35. The van der Waals surface area contributed by atoms with Gasteiger partial charge in [0, 0.05) is 12.2 Å². The van der Waals surface area contributed by atoms with Crippen molar-refractivity contribution in [1.82, 2.24) is 4.72 Å². The first-order valence-corrected chi connectivity index (χ1v) is 13.5. The van der Waals surface area contributed by atoms with Gasteiger partial charge < -0.3 is 19.9 Å². The van der Waals surface area contributed by atoms with E-state index in [4.69, 9.17) is 19.9 Å². The molecule has 0 saturated carbocycles. The number of hydrogen-bond acceptors (Lipinski definition) is 8. The first-order chi connectivity index (χ1) is 17.2. The van der Waals surface area contributed by atoms with Gasteiger partial charge in [-0.15, -0.1) is 0 Å². The van der Waals surface area contributed by atoms with E-state index in [1.165, 1.54) is 7.11 Å². The molecule has 0 aromatic heterocycles. The number of esters is 1. The van der Waals surface area contributed by atoms with Gasteiger partial charge in [0.05, 0.1) is 19.4 Å². The normalized spacial score (nSPS) is 16.5. The van der Waals surface area contributed by atoms with Crippen LogP contribution >= 0.6 is 0 Å². The van der Waals surface area contributed by atoms with E-state index in [0.717, 1.165) is 23.2 Å². The fourth-order valence-electron chi connectivity index (χ4n) is 3.74. The number of nitrogens with one attached hydrogen (secondary N) is 1. The Balaban J connectivity index is 1.55. The van der Waals surface area contributed by atoms with Crippen LogP contribution in [0, 0.1) is 0 Å². The standard InChI is InChI=1S/C25H33N3O7S/c1-3-4-12-36(31,32)27-23(24(29)33-2)14-18-8-10-21(11-9-18)34-17-22-16-28(25(30)35-22)20-7-5-6-19(13-20)15-26/h5-11,13,22-23,27H,3-4,12,14-17,26H2,1-2H3. The number of hydrogen-bond donors (Lipinski definition) is 2. The highest BCUT2D eigenvalue weighted by Gasteiger charge is 2.33. The minimum atomic E-state index is -3.60. The van der Waals surface area contributed by atoms with Crippen LogP contribution in [0.3, 0.4) is 0 Å². The van der Waals surface area contributed by atoms with Crippen LogP contribution in [-0.4, -0.2) is 58.6 Å². The lowest BCUT2D eigenvalue weighted by atomic mass is 10.1. The molecule has 1 fully saturated rings. The Morgan fingerprint density at radius 2 is 1.97 bits per heavy atom. The highest BCUT2D eigenvalue weighted by atomic mass is 32.2. The molecule has 196 valence electrons. The van der Waals surface area contributed by atoms with Crippen molar-refractivity contribution in [3.63, 3.8) is 0 Å². The molecule has 11 heteroatoms. The number of rotatable bonds is 13. The third kappa shape index (κ3) is 7.67. The maximum atomic E-state index is 12.3. The molecule has 36 heavy (non-hydrogen) atoms. The Morgan fingerprint density at radius 3 is 2.64 bits per heavy atom. The summed E-state index contributed by atoms with van der Waals surface area (Å²) in [6, 6.07) is 13.3. The summed E-state index contributed by atoms with van der Waals surface area (Å²) >= 11 is 0.